The van der Waals surface area contributed by atoms with E-state index >= 15 is 0 Å². The van der Waals surface area contributed by atoms with E-state index < -0.39 is 24.9 Å². The van der Waals surface area contributed by atoms with Crippen molar-refractivity contribution >= 4 is 5.91 Å². The molecule has 1 amide bonds. The molecule has 1 N–H and O–H groups in total. The standard InChI is InChI=1S/C16H25F2N5O2/c1-15(2,3)14-20-12(21-25-14)9-22-4-6-23(7-5-22)13(24)11-8-16(17,18)10-19-11/h11,19H,4-10H2,1-3H3. The Kier molecular flexibility index (Phi) is 4.80. The lowest BCUT2D eigenvalue weighted by atomic mass is 9.97. The van der Waals surface area contributed by atoms with Crippen molar-refractivity contribution in [2.45, 2.75) is 51.1 Å². The number of halogens is 2. The van der Waals surface area contributed by atoms with Crippen LogP contribution < -0.4 is 5.32 Å². The van der Waals surface area contributed by atoms with Gasteiger partial charge in [0.05, 0.1) is 19.1 Å². The molecule has 2 aliphatic heterocycles. The van der Waals surface area contributed by atoms with Crippen LogP contribution in [0.2, 0.25) is 0 Å². The van der Waals surface area contributed by atoms with E-state index in [2.05, 4.69) is 20.4 Å². The van der Waals surface area contributed by atoms with Gasteiger partial charge in [0.25, 0.3) is 5.92 Å². The monoisotopic (exact) mass is 357 g/mol. The van der Waals surface area contributed by atoms with Crippen molar-refractivity contribution in [3.05, 3.63) is 11.7 Å². The number of carbonyl (C=O) groups excluding carboxylic acids is 1. The van der Waals surface area contributed by atoms with Gasteiger partial charge in [0.15, 0.2) is 5.82 Å². The highest BCUT2D eigenvalue weighted by Gasteiger charge is 2.43. The number of carbonyl (C=O) groups is 1. The second kappa shape index (κ2) is 6.60. The maximum Gasteiger partial charge on any atom is 0.262 e. The Morgan fingerprint density at radius 3 is 2.52 bits per heavy atom. The van der Waals surface area contributed by atoms with E-state index in [1.54, 1.807) is 4.90 Å². The Balaban J connectivity index is 1.49. The molecule has 0 radical (unpaired) electrons. The summed E-state index contributed by atoms with van der Waals surface area (Å²) in [5.74, 6) is -1.79. The summed E-state index contributed by atoms with van der Waals surface area (Å²) >= 11 is 0. The number of aromatic nitrogens is 2. The van der Waals surface area contributed by atoms with Crippen LogP contribution >= 0.6 is 0 Å². The van der Waals surface area contributed by atoms with Gasteiger partial charge in [-0.3, -0.25) is 15.0 Å². The van der Waals surface area contributed by atoms with Gasteiger partial charge in [-0.05, 0) is 0 Å². The van der Waals surface area contributed by atoms with Crippen molar-refractivity contribution in [1.29, 1.82) is 0 Å². The summed E-state index contributed by atoms with van der Waals surface area (Å²) in [4.78, 5) is 20.5. The van der Waals surface area contributed by atoms with Gasteiger partial charge in [-0.1, -0.05) is 25.9 Å². The number of hydrogen-bond donors (Lipinski definition) is 1. The SMILES string of the molecule is CC(C)(C)c1nc(CN2CCN(C(=O)C3CC(F)(F)CN3)CC2)no1. The van der Waals surface area contributed by atoms with Crippen molar-refractivity contribution in [2.24, 2.45) is 0 Å². The molecule has 0 saturated carbocycles. The van der Waals surface area contributed by atoms with E-state index in [1.807, 2.05) is 20.8 Å². The summed E-state index contributed by atoms with van der Waals surface area (Å²) in [6.07, 6.45) is -0.412. The second-order valence-electron chi connectivity index (χ2n) is 7.86. The highest BCUT2D eigenvalue weighted by molar-refractivity contribution is 5.82. The molecule has 140 valence electrons. The van der Waals surface area contributed by atoms with Crippen LogP contribution in [0.5, 0.6) is 0 Å². The first kappa shape index (κ1) is 18.2. The van der Waals surface area contributed by atoms with E-state index in [4.69, 9.17) is 4.52 Å². The Morgan fingerprint density at radius 1 is 1.32 bits per heavy atom. The molecule has 1 unspecified atom stereocenters. The van der Waals surface area contributed by atoms with Gasteiger partial charge in [-0.25, -0.2) is 8.78 Å². The zero-order chi connectivity index (χ0) is 18.2. The third-order valence-electron chi connectivity index (χ3n) is 4.57. The van der Waals surface area contributed by atoms with Crippen molar-refractivity contribution in [3.8, 4) is 0 Å². The lowest BCUT2D eigenvalue weighted by Crippen LogP contribution is -2.52. The summed E-state index contributed by atoms with van der Waals surface area (Å²) in [6.45, 7) is 8.53. The molecular weight excluding hydrogens is 332 g/mol. The minimum Gasteiger partial charge on any atom is -0.339 e. The Morgan fingerprint density at radius 2 is 2.00 bits per heavy atom. The smallest absolute Gasteiger partial charge is 0.262 e. The summed E-state index contributed by atoms with van der Waals surface area (Å²) in [6, 6.07) is -0.770. The molecule has 0 bridgehead atoms. The largest absolute Gasteiger partial charge is 0.339 e. The average molecular weight is 357 g/mol. The molecule has 0 aliphatic carbocycles. The molecule has 7 nitrogen and oxygen atoms in total. The zero-order valence-corrected chi connectivity index (χ0v) is 14.9. The quantitative estimate of drug-likeness (QED) is 0.870. The summed E-state index contributed by atoms with van der Waals surface area (Å²) in [5, 5.41) is 6.63. The van der Waals surface area contributed by atoms with E-state index in [0.29, 0.717) is 44.4 Å². The van der Waals surface area contributed by atoms with E-state index in [1.165, 1.54) is 0 Å². The highest BCUT2D eigenvalue weighted by atomic mass is 19.3. The minimum absolute atomic E-state index is 0.188. The molecule has 3 heterocycles. The third-order valence-corrected chi connectivity index (χ3v) is 4.57. The fraction of sp³-hybridized carbons (Fsp3) is 0.812. The van der Waals surface area contributed by atoms with Crippen LogP contribution in [0.25, 0.3) is 0 Å². The topological polar surface area (TPSA) is 74.5 Å². The molecular formula is C16H25F2N5O2. The number of piperazine rings is 1. The molecule has 2 fully saturated rings. The lowest BCUT2D eigenvalue weighted by molar-refractivity contribution is -0.135. The van der Waals surface area contributed by atoms with Gasteiger partial charge in [-0.2, -0.15) is 4.98 Å². The molecule has 2 saturated heterocycles. The molecule has 1 aromatic heterocycles. The van der Waals surface area contributed by atoms with Crippen molar-refractivity contribution in [2.75, 3.05) is 32.7 Å². The molecule has 2 aliphatic rings. The molecule has 0 spiro atoms. The number of nitrogens with zero attached hydrogens (tertiary/aromatic N) is 4. The molecule has 1 aromatic rings. The van der Waals surface area contributed by atoms with E-state index in [0.717, 1.165) is 0 Å². The fourth-order valence-electron chi connectivity index (χ4n) is 3.06. The normalized spacial score (nSPS) is 24.7. The number of amides is 1. The summed E-state index contributed by atoms with van der Waals surface area (Å²) in [5.41, 5.74) is -0.188. The first-order valence-corrected chi connectivity index (χ1v) is 8.59. The Hall–Kier alpha value is -1.61. The number of nitrogens with one attached hydrogen (secondary N) is 1. The minimum atomic E-state index is -2.79. The van der Waals surface area contributed by atoms with Gasteiger partial charge in [0.2, 0.25) is 11.8 Å². The Bertz CT molecular complexity index is 620. The lowest BCUT2D eigenvalue weighted by Gasteiger charge is -2.35. The average Bonchev–Trinajstić information content (AvgIpc) is 3.13. The van der Waals surface area contributed by atoms with Crippen LogP contribution in [-0.4, -0.2) is 70.5 Å². The highest BCUT2D eigenvalue weighted by Crippen LogP contribution is 2.26. The Labute approximate surface area is 145 Å². The third kappa shape index (κ3) is 4.33. The van der Waals surface area contributed by atoms with Gasteiger partial charge in [0.1, 0.15) is 0 Å². The number of alkyl halides is 2. The molecule has 1 atom stereocenters. The first-order valence-electron chi connectivity index (χ1n) is 8.59. The fourth-order valence-corrected chi connectivity index (χ4v) is 3.06. The van der Waals surface area contributed by atoms with Crippen molar-refractivity contribution < 1.29 is 18.1 Å². The van der Waals surface area contributed by atoms with Gasteiger partial charge < -0.3 is 9.42 Å². The van der Waals surface area contributed by atoms with Crippen LogP contribution in [0.4, 0.5) is 8.78 Å². The number of hydrogen-bond acceptors (Lipinski definition) is 6. The van der Waals surface area contributed by atoms with E-state index in [9.17, 15) is 13.6 Å². The first-order chi connectivity index (χ1) is 11.6. The van der Waals surface area contributed by atoms with Crippen LogP contribution in [0.1, 0.15) is 38.9 Å². The predicted molar refractivity (Wildman–Crippen MR) is 86.2 cm³/mol. The molecule has 9 heteroatoms. The van der Waals surface area contributed by atoms with Crippen LogP contribution in [0, 0.1) is 0 Å². The molecule has 0 aromatic carbocycles. The predicted octanol–water partition coefficient (Wildman–Crippen LogP) is 1.01. The van der Waals surface area contributed by atoms with Crippen molar-refractivity contribution in [1.82, 2.24) is 25.3 Å². The van der Waals surface area contributed by atoms with Gasteiger partial charge in [0, 0.05) is 38.0 Å². The maximum atomic E-state index is 13.2. The van der Waals surface area contributed by atoms with Crippen LogP contribution in [0.15, 0.2) is 4.52 Å². The summed E-state index contributed by atoms with van der Waals surface area (Å²) in [7, 11) is 0. The molecule has 3 rings (SSSR count). The van der Waals surface area contributed by atoms with Crippen LogP contribution in [0.3, 0.4) is 0 Å². The maximum absolute atomic E-state index is 13.2. The van der Waals surface area contributed by atoms with Crippen LogP contribution in [-0.2, 0) is 16.8 Å². The van der Waals surface area contributed by atoms with E-state index in [-0.39, 0.29) is 11.3 Å². The van der Waals surface area contributed by atoms with Gasteiger partial charge >= 0.3 is 0 Å². The second-order valence-corrected chi connectivity index (χ2v) is 7.86. The van der Waals surface area contributed by atoms with Gasteiger partial charge in [-0.15, -0.1) is 0 Å². The molecule has 25 heavy (non-hydrogen) atoms. The van der Waals surface area contributed by atoms with Crippen molar-refractivity contribution in [3.63, 3.8) is 0 Å². The number of rotatable bonds is 3. The zero-order valence-electron chi connectivity index (χ0n) is 14.9. The summed E-state index contributed by atoms with van der Waals surface area (Å²) < 4.78 is 31.8.